The molecule has 3 heterocycles. The van der Waals surface area contributed by atoms with Crippen LogP contribution in [-0.4, -0.2) is 27.3 Å². The van der Waals surface area contributed by atoms with Gasteiger partial charge in [-0.15, -0.1) is 11.3 Å². The Kier molecular flexibility index (Phi) is 4.99. The molecule has 24 heavy (non-hydrogen) atoms. The van der Waals surface area contributed by atoms with Gasteiger partial charge in [0.1, 0.15) is 5.01 Å². The van der Waals surface area contributed by atoms with Gasteiger partial charge in [0.25, 0.3) is 0 Å². The van der Waals surface area contributed by atoms with Crippen molar-refractivity contribution in [1.29, 1.82) is 0 Å². The predicted octanol–water partition coefficient (Wildman–Crippen LogP) is 4.13. The summed E-state index contributed by atoms with van der Waals surface area (Å²) in [4.78, 5) is 23.8. The Labute approximate surface area is 147 Å². The molecule has 2 aromatic rings. The highest BCUT2D eigenvalue weighted by Crippen LogP contribution is 2.35. The van der Waals surface area contributed by atoms with Crippen LogP contribution in [0, 0.1) is 0 Å². The van der Waals surface area contributed by atoms with Crippen molar-refractivity contribution in [3.8, 4) is 0 Å². The molecule has 3 rings (SSSR count). The molecule has 1 atom stereocenters. The maximum atomic E-state index is 12.8. The van der Waals surface area contributed by atoms with E-state index in [1.54, 1.807) is 23.7 Å². The topological polar surface area (TPSA) is 46.1 Å². The zero-order valence-corrected chi connectivity index (χ0v) is 15.5. The van der Waals surface area contributed by atoms with E-state index in [0.717, 1.165) is 42.1 Å². The summed E-state index contributed by atoms with van der Waals surface area (Å²) in [6.45, 7) is 7.36. The van der Waals surface area contributed by atoms with E-state index in [2.05, 4.69) is 31.1 Å². The maximum absolute atomic E-state index is 12.8. The van der Waals surface area contributed by atoms with Crippen molar-refractivity contribution in [1.82, 2.24) is 14.9 Å². The molecule has 4 nitrogen and oxygen atoms in total. The molecular weight excluding hydrogens is 318 g/mol. The van der Waals surface area contributed by atoms with E-state index in [4.69, 9.17) is 4.98 Å². The third kappa shape index (κ3) is 3.83. The van der Waals surface area contributed by atoms with Gasteiger partial charge in [0.15, 0.2) is 0 Å². The van der Waals surface area contributed by atoms with Crippen molar-refractivity contribution >= 4 is 17.2 Å². The Hall–Kier alpha value is -1.75. The van der Waals surface area contributed by atoms with Gasteiger partial charge in [0.2, 0.25) is 5.91 Å². The van der Waals surface area contributed by atoms with Gasteiger partial charge in [-0.1, -0.05) is 26.8 Å². The van der Waals surface area contributed by atoms with Crippen LogP contribution in [0.3, 0.4) is 0 Å². The highest BCUT2D eigenvalue weighted by atomic mass is 32.1. The summed E-state index contributed by atoms with van der Waals surface area (Å²) in [5, 5.41) is 3.23. The molecule has 0 spiro atoms. The van der Waals surface area contributed by atoms with E-state index < -0.39 is 0 Å². The second kappa shape index (κ2) is 7.01. The van der Waals surface area contributed by atoms with E-state index in [-0.39, 0.29) is 17.4 Å². The summed E-state index contributed by atoms with van der Waals surface area (Å²) in [7, 11) is 0. The van der Waals surface area contributed by atoms with Gasteiger partial charge in [-0.05, 0) is 30.9 Å². The number of nitrogens with zero attached hydrogens (tertiary/aromatic N) is 3. The highest BCUT2D eigenvalue weighted by molar-refractivity contribution is 7.09. The van der Waals surface area contributed by atoms with E-state index >= 15 is 0 Å². The summed E-state index contributed by atoms with van der Waals surface area (Å²) in [6.07, 6.45) is 7.18. The van der Waals surface area contributed by atoms with Gasteiger partial charge >= 0.3 is 0 Å². The molecule has 128 valence electrons. The van der Waals surface area contributed by atoms with Crippen molar-refractivity contribution < 1.29 is 4.79 Å². The van der Waals surface area contributed by atoms with E-state index in [1.165, 1.54) is 0 Å². The number of hydrogen-bond donors (Lipinski definition) is 0. The molecule has 0 aliphatic carbocycles. The fourth-order valence-electron chi connectivity index (χ4n) is 3.05. The molecule has 1 unspecified atom stereocenters. The van der Waals surface area contributed by atoms with Crippen molar-refractivity contribution in [2.75, 3.05) is 6.54 Å². The first kappa shape index (κ1) is 17.1. The standard InChI is InChI=1S/C19H25N3OS/c1-19(2,3)16-13-24-18(21-16)15-8-4-5-10-22(15)17(23)11-14-7-6-9-20-12-14/h6-7,9,12-13,15H,4-5,8,10-11H2,1-3H3. The highest BCUT2D eigenvalue weighted by Gasteiger charge is 2.31. The molecule has 0 bridgehead atoms. The fraction of sp³-hybridized carbons (Fsp3) is 0.526. The first-order chi connectivity index (χ1) is 11.4. The lowest BCUT2D eigenvalue weighted by Crippen LogP contribution is -2.39. The minimum atomic E-state index is 0.0496. The molecule has 1 aliphatic rings. The third-order valence-electron chi connectivity index (χ3n) is 4.48. The first-order valence-electron chi connectivity index (χ1n) is 8.59. The average Bonchev–Trinajstić information content (AvgIpc) is 3.06. The fourth-order valence-corrected chi connectivity index (χ4v) is 4.24. The van der Waals surface area contributed by atoms with Gasteiger partial charge in [-0.3, -0.25) is 9.78 Å². The molecule has 1 amide bonds. The zero-order valence-electron chi connectivity index (χ0n) is 14.7. The molecule has 0 radical (unpaired) electrons. The summed E-state index contributed by atoms with van der Waals surface area (Å²) >= 11 is 1.69. The zero-order chi connectivity index (χ0) is 17.2. The van der Waals surface area contributed by atoms with Crippen LogP contribution >= 0.6 is 11.3 Å². The average molecular weight is 343 g/mol. The lowest BCUT2D eigenvalue weighted by Gasteiger charge is -2.34. The Bertz CT molecular complexity index is 690. The smallest absolute Gasteiger partial charge is 0.227 e. The monoisotopic (exact) mass is 343 g/mol. The second-order valence-electron chi connectivity index (χ2n) is 7.46. The van der Waals surface area contributed by atoms with Gasteiger partial charge in [-0.2, -0.15) is 0 Å². The number of thiazole rings is 1. The minimum Gasteiger partial charge on any atom is -0.333 e. The molecule has 0 aromatic carbocycles. The summed E-state index contributed by atoms with van der Waals surface area (Å²) in [5.41, 5.74) is 2.14. The Morgan fingerprint density at radius 1 is 1.38 bits per heavy atom. The number of carbonyl (C=O) groups excluding carboxylic acids is 1. The predicted molar refractivity (Wildman–Crippen MR) is 97.1 cm³/mol. The van der Waals surface area contributed by atoms with E-state index in [1.807, 2.05) is 17.0 Å². The first-order valence-corrected chi connectivity index (χ1v) is 9.47. The molecule has 5 heteroatoms. The quantitative estimate of drug-likeness (QED) is 0.842. The second-order valence-corrected chi connectivity index (χ2v) is 8.35. The van der Waals surface area contributed by atoms with Crippen LogP contribution in [0.1, 0.15) is 62.3 Å². The summed E-state index contributed by atoms with van der Waals surface area (Å²) < 4.78 is 0. The molecule has 1 fully saturated rings. The lowest BCUT2D eigenvalue weighted by atomic mass is 9.93. The summed E-state index contributed by atoms with van der Waals surface area (Å²) in [5.74, 6) is 0.181. The number of rotatable bonds is 3. The molecule has 1 aliphatic heterocycles. The molecule has 1 saturated heterocycles. The van der Waals surface area contributed by atoms with Gasteiger partial charge in [0, 0.05) is 29.7 Å². The minimum absolute atomic E-state index is 0.0496. The number of amides is 1. The van der Waals surface area contributed by atoms with Crippen LogP contribution in [0.5, 0.6) is 0 Å². The van der Waals surface area contributed by atoms with Gasteiger partial charge < -0.3 is 4.90 Å². The maximum Gasteiger partial charge on any atom is 0.227 e. The summed E-state index contributed by atoms with van der Waals surface area (Å²) in [6, 6.07) is 3.97. The van der Waals surface area contributed by atoms with Crippen molar-refractivity contribution in [2.45, 2.75) is 57.9 Å². The van der Waals surface area contributed by atoms with Crippen molar-refractivity contribution in [2.24, 2.45) is 0 Å². The van der Waals surface area contributed by atoms with Crippen LogP contribution in [0.25, 0.3) is 0 Å². The van der Waals surface area contributed by atoms with E-state index in [9.17, 15) is 4.79 Å². The van der Waals surface area contributed by atoms with E-state index in [0.29, 0.717) is 6.42 Å². The van der Waals surface area contributed by atoms with Gasteiger partial charge in [0.05, 0.1) is 18.2 Å². The van der Waals surface area contributed by atoms with Crippen molar-refractivity contribution in [3.05, 3.63) is 46.2 Å². The van der Waals surface area contributed by atoms with Crippen LogP contribution in [0.2, 0.25) is 0 Å². The third-order valence-corrected chi connectivity index (χ3v) is 5.42. The number of pyridine rings is 1. The van der Waals surface area contributed by atoms with Gasteiger partial charge in [-0.25, -0.2) is 4.98 Å². The van der Waals surface area contributed by atoms with Crippen LogP contribution in [-0.2, 0) is 16.6 Å². The largest absolute Gasteiger partial charge is 0.333 e. The van der Waals surface area contributed by atoms with Crippen LogP contribution in [0.4, 0.5) is 0 Å². The SMILES string of the molecule is CC(C)(C)c1csc(C2CCCCN2C(=O)Cc2cccnc2)n1. The van der Waals surface area contributed by atoms with Crippen LogP contribution in [0.15, 0.2) is 29.9 Å². The van der Waals surface area contributed by atoms with Crippen LogP contribution < -0.4 is 0 Å². The number of hydrogen-bond acceptors (Lipinski definition) is 4. The molecule has 0 saturated carbocycles. The Balaban J connectivity index is 1.78. The number of likely N-dealkylation sites (tertiary alicyclic amines) is 1. The molecular formula is C19H25N3OS. The number of piperidine rings is 1. The normalized spacial score (nSPS) is 18.6. The number of aromatic nitrogens is 2. The lowest BCUT2D eigenvalue weighted by molar-refractivity contribution is -0.134. The Morgan fingerprint density at radius 2 is 2.21 bits per heavy atom. The molecule has 0 N–H and O–H groups in total. The Morgan fingerprint density at radius 3 is 2.88 bits per heavy atom. The number of carbonyl (C=O) groups is 1. The molecule has 2 aromatic heterocycles. The van der Waals surface area contributed by atoms with Crippen molar-refractivity contribution in [3.63, 3.8) is 0 Å².